The van der Waals surface area contributed by atoms with Gasteiger partial charge in [0.1, 0.15) is 17.6 Å². The van der Waals surface area contributed by atoms with Crippen molar-refractivity contribution in [2.45, 2.75) is 50.3 Å². The maximum absolute atomic E-state index is 14.0. The van der Waals surface area contributed by atoms with Crippen molar-refractivity contribution < 1.29 is 22.3 Å². The Morgan fingerprint density at radius 3 is 2.37 bits per heavy atom. The van der Waals surface area contributed by atoms with Gasteiger partial charge in [0.2, 0.25) is 5.95 Å². The number of benzene rings is 3. The molecule has 11 heteroatoms. The largest absolute Gasteiger partial charge is 0.496 e. The van der Waals surface area contributed by atoms with Gasteiger partial charge in [-0.05, 0) is 62.1 Å². The number of rotatable bonds is 10. The molecule has 1 saturated heterocycles. The molecule has 4 aromatic rings. The Kier molecular flexibility index (Phi) is 9.49. The van der Waals surface area contributed by atoms with E-state index in [1.54, 1.807) is 12.1 Å². The summed E-state index contributed by atoms with van der Waals surface area (Å²) in [7, 11) is -2.72. The molecule has 0 saturated carbocycles. The molecule has 226 valence electrons. The normalized spacial score (nSPS) is 15.2. The topological polar surface area (TPSA) is 84.9 Å². The second-order valence-corrected chi connectivity index (χ2v) is 12.8. The lowest BCUT2D eigenvalue weighted by Gasteiger charge is -2.36. The predicted octanol–water partition coefficient (Wildman–Crippen LogP) is 6.59. The molecular weight excluding hydrogens is 591 g/mol. The number of nitrogens with zero attached hydrogens (tertiary/aromatic N) is 4. The van der Waals surface area contributed by atoms with Gasteiger partial charge in [0.25, 0.3) is 10.0 Å². The molecular formula is C32H34ClFN4O4S. The van der Waals surface area contributed by atoms with Crippen LogP contribution in [0.4, 0.5) is 10.3 Å². The third-order valence-electron chi connectivity index (χ3n) is 7.68. The van der Waals surface area contributed by atoms with Crippen LogP contribution >= 0.6 is 11.6 Å². The van der Waals surface area contributed by atoms with Gasteiger partial charge in [-0.25, -0.2) is 27.1 Å². The quantitative estimate of drug-likeness (QED) is 0.197. The maximum atomic E-state index is 14.0. The molecule has 1 aliphatic rings. The van der Waals surface area contributed by atoms with Gasteiger partial charge in [-0.2, -0.15) is 0 Å². The van der Waals surface area contributed by atoms with E-state index in [0.29, 0.717) is 23.1 Å². The van der Waals surface area contributed by atoms with E-state index in [-0.39, 0.29) is 28.5 Å². The Morgan fingerprint density at radius 1 is 1.02 bits per heavy atom. The lowest BCUT2D eigenvalue weighted by Crippen LogP contribution is -2.39. The van der Waals surface area contributed by atoms with E-state index in [1.165, 1.54) is 24.8 Å². The van der Waals surface area contributed by atoms with Gasteiger partial charge in [0, 0.05) is 24.7 Å². The number of piperidine rings is 1. The number of sulfonamides is 1. The number of anilines is 1. The monoisotopic (exact) mass is 624 g/mol. The number of hydrogen-bond acceptors (Lipinski definition) is 7. The maximum Gasteiger partial charge on any atom is 0.267 e. The van der Waals surface area contributed by atoms with E-state index in [1.807, 2.05) is 25.1 Å². The van der Waals surface area contributed by atoms with Crippen LogP contribution < -0.4 is 13.8 Å². The number of aryl methyl sites for hydroxylation is 1. The average molecular weight is 625 g/mol. The van der Waals surface area contributed by atoms with Gasteiger partial charge in [0.05, 0.1) is 36.0 Å². The van der Waals surface area contributed by atoms with Crippen molar-refractivity contribution >= 4 is 27.6 Å². The van der Waals surface area contributed by atoms with Crippen molar-refractivity contribution in [3.05, 3.63) is 107 Å². The number of hydrogen-bond donors (Lipinski definition) is 0. The van der Waals surface area contributed by atoms with Crippen molar-refractivity contribution in [2.75, 3.05) is 24.5 Å². The third kappa shape index (κ3) is 7.09. The molecule has 8 nitrogen and oxygen atoms in total. The van der Waals surface area contributed by atoms with Gasteiger partial charge in [-0.15, -0.1) is 0 Å². The highest BCUT2D eigenvalue weighted by Crippen LogP contribution is 2.34. The summed E-state index contributed by atoms with van der Waals surface area (Å²) in [6, 6.07) is 20.5. The fourth-order valence-corrected chi connectivity index (χ4v) is 6.87. The third-order valence-corrected chi connectivity index (χ3v) is 9.70. The summed E-state index contributed by atoms with van der Waals surface area (Å²) in [6.07, 6.45) is 3.45. The molecule has 0 aliphatic carbocycles. The fraction of sp³-hybridized carbons (Fsp3) is 0.312. The van der Waals surface area contributed by atoms with Crippen molar-refractivity contribution in [2.24, 2.45) is 0 Å². The standard InChI is InChI=1S/C32H34ClFN4O4S/c1-22-9-10-25(31(17-22)41-3)21-38(32-35-19-26(34)20-36-32)43(39,40)28-11-12-30(29(33)18-28)42-27-13-15-37(16-14-27)23(2)24-7-5-4-6-8-24/h4-12,17-20,23,27H,13-16,21H2,1-3H3/t23-/m1/s1. The van der Waals surface area contributed by atoms with Crippen LogP contribution in [0.1, 0.15) is 42.5 Å². The molecule has 1 aliphatic heterocycles. The molecule has 2 heterocycles. The van der Waals surface area contributed by atoms with Crippen LogP contribution in [0.5, 0.6) is 11.5 Å². The summed E-state index contributed by atoms with van der Waals surface area (Å²) in [5, 5.41) is 0.175. The zero-order valence-corrected chi connectivity index (χ0v) is 25.9. The summed E-state index contributed by atoms with van der Waals surface area (Å²) in [5.74, 6) is 0.0594. The highest BCUT2D eigenvalue weighted by Gasteiger charge is 2.30. The van der Waals surface area contributed by atoms with E-state index in [4.69, 9.17) is 21.1 Å². The van der Waals surface area contributed by atoms with E-state index in [0.717, 1.165) is 48.2 Å². The Balaban J connectivity index is 1.33. The highest BCUT2D eigenvalue weighted by atomic mass is 35.5. The Morgan fingerprint density at radius 2 is 1.72 bits per heavy atom. The molecule has 5 rings (SSSR count). The van der Waals surface area contributed by atoms with Crippen LogP contribution in [0.15, 0.2) is 84.0 Å². The highest BCUT2D eigenvalue weighted by molar-refractivity contribution is 7.92. The molecule has 0 bridgehead atoms. The summed E-state index contributed by atoms with van der Waals surface area (Å²) in [4.78, 5) is 10.3. The first-order chi connectivity index (χ1) is 20.7. The molecule has 1 aromatic heterocycles. The summed E-state index contributed by atoms with van der Waals surface area (Å²) < 4.78 is 54.3. The second-order valence-electron chi connectivity index (χ2n) is 10.6. The molecule has 3 aromatic carbocycles. The molecule has 43 heavy (non-hydrogen) atoms. The number of ether oxygens (including phenoxy) is 2. The molecule has 0 N–H and O–H groups in total. The van der Waals surface area contributed by atoms with Gasteiger partial charge >= 0.3 is 0 Å². The molecule has 0 amide bonds. The second kappa shape index (κ2) is 13.3. The van der Waals surface area contributed by atoms with Crippen LogP contribution in [0.3, 0.4) is 0 Å². The Bertz CT molecular complexity index is 1650. The minimum atomic E-state index is -4.23. The van der Waals surface area contributed by atoms with Crippen LogP contribution in [0.25, 0.3) is 0 Å². The predicted molar refractivity (Wildman–Crippen MR) is 165 cm³/mol. The zero-order chi connectivity index (χ0) is 30.6. The number of halogens is 2. The Labute approximate surface area is 257 Å². The fourth-order valence-electron chi connectivity index (χ4n) is 5.20. The first-order valence-electron chi connectivity index (χ1n) is 14.0. The van der Waals surface area contributed by atoms with Crippen molar-refractivity contribution in [1.82, 2.24) is 14.9 Å². The molecule has 0 radical (unpaired) electrons. The van der Waals surface area contributed by atoms with Gasteiger partial charge in [0.15, 0.2) is 5.82 Å². The number of likely N-dealkylation sites (tertiary alicyclic amines) is 1. The molecule has 1 atom stereocenters. The summed E-state index contributed by atoms with van der Waals surface area (Å²) in [5.41, 5.74) is 2.82. The first-order valence-corrected chi connectivity index (χ1v) is 15.9. The summed E-state index contributed by atoms with van der Waals surface area (Å²) in [6.45, 7) is 5.72. The number of methoxy groups -OCH3 is 1. The van der Waals surface area contributed by atoms with Crippen LogP contribution in [0, 0.1) is 12.7 Å². The van der Waals surface area contributed by atoms with Crippen LogP contribution in [-0.2, 0) is 16.6 Å². The van der Waals surface area contributed by atoms with Crippen molar-refractivity contribution in [3.8, 4) is 11.5 Å². The minimum absolute atomic E-state index is 0.0442. The van der Waals surface area contributed by atoms with Crippen molar-refractivity contribution in [3.63, 3.8) is 0 Å². The lowest BCUT2D eigenvalue weighted by atomic mass is 10.0. The molecule has 0 unspecified atom stereocenters. The zero-order valence-electron chi connectivity index (χ0n) is 24.3. The Hall–Kier alpha value is -3.73. The van der Waals surface area contributed by atoms with Crippen LogP contribution in [0.2, 0.25) is 5.02 Å². The van der Waals surface area contributed by atoms with E-state index in [9.17, 15) is 12.8 Å². The number of aromatic nitrogens is 2. The van der Waals surface area contributed by atoms with Gasteiger partial charge < -0.3 is 9.47 Å². The van der Waals surface area contributed by atoms with E-state index < -0.39 is 15.8 Å². The van der Waals surface area contributed by atoms with Gasteiger partial charge in [-0.1, -0.05) is 54.1 Å². The van der Waals surface area contributed by atoms with Crippen LogP contribution in [-0.4, -0.2) is 49.6 Å². The van der Waals surface area contributed by atoms with E-state index >= 15 is 0 Å². The first kappa shape index (κ1) is 30.7. The minimum Gasteiger partial charge on any atom is -0.496 e. The molecule has 1 fully saturated rings. The smallest absolute Gasteiger partial charge is 0.267 e. The molecule has 0 spiro atoms. The lowest BCUT2D eigenvalue weighted by molar-refractivity contribution is 0.0797. The SMILES string of the molecule is COc1cc(C)ccc1CN(c1ncc(F)cn1)S(=O)(=O)c1ccc(OC2CCN([C@H](C)c3ccccc3)CC2)c(Cl)c1. The van der Waals surface area contributed by atoms with Gasteiger partial charge in [-0.3, -0.25) is 4.90 Å². The average Bonchev–Trinajstić information content (AvgIpc) is 3.02. The van der Waals surface area contributed by atoms with Crippen molar-refractivity contribution in [1.29, 1.82) is 0 Å². The van der Waals surface area contributed by atoms with E-state index in [2.05, 4.69) is 46.1 Å². The summed E-state index contributed by atoms with van der Waals surface area (Å²) >= 11 is 6.59.